The van der Waals surface area contributed by atoms with E-state index in [2.05, 4.69) is 27.3 Å². The van der Waals surface area contributed by atoms with Crippen molar-refractivity contribution in [2.24, 2.45) is 5.92 Å². The third kappa shape index (κ3) is 5.73. The highest BCUT2D eigenvalue weighted by molar-refractivity contribution is 6.30. The Labute approximate surface area is 187 Å². The molecule has 0 aliphatic carbocycles. The summed E-state index contributed by atoms with van der Waals surface area (Å²) in [5.74, 6) is 2.04. The Morgan fingerprint density at radius 2 is 1.87 bits per heavy atom. The number of piperidine rings is 1. The van der Waals surface area contributed by atoms with Gasteiger partial charge in [-0.15, -0.1) is 10.2 Å². The van der Waals surface area contributed by atoms with Crippen LogP contribution >= 0.6 is 11.6 Å². The zero-order valence-electron chi connectivity index (χ0n) is 17.4. The van der Waals surface area contributed by atoms with Crippen molar-refractivity contribution in [1.82, 2.24) is 10.2 Å². The van der Waals surface area contributed by atoms with Gasteiger partial charge in [-0.05, 0) is 67.3 Å². The fourth-order valence-electron chi connectivity index (χ4n) is 3.52. The average molecular weight is 437 g/mol. The Hall–Kier alpha value is -3.12. The molecule has 7 heteroatoms. The van der Waals surface area contributed by atoms with Crippen molar-refractivity contribution in [3.8, 4) is 17.0 Å². The highest BCUT2D eigenvalue weighted by atomic mass is 35.5. The van der Waals surface area contributed by atoms with Gasteiger partial charge in [0, 0.05) is 29.4 Å². The number of carbonyl (C=O) groups excluding carboxylic acids is 1. The van der Waals surface area contributed by atoms with Crippen LogP contribution < -0.4 is 15.0 Å². The van der Waals surface area contributed by atoms with Crippen molar-refractivity contribution in [3.05, 3.63) is 65.7 Å². The highest BCUT2D eigenvalue weighted by Crippen LogP contribution is 2.24. The van der Waals surface area contributed by atoms with E-state index in [1.165, 1.54) is 12.8 Å². The molecular formula is C24H25ClN4O2. The number of nitrogens with zero attached hydrogens (tertiary/aromatic N) is 3. The molecule has 1 amide bonds. The normalized spacial score (nSPS) is 14.3. The van der Waals surface area contributed by atoms with E-state index < -0.39 is 0 Å². The third-order valence-corrected chi connectivity index (χ3v) is 5.64. The van der Waals surface area contributed by atoms with E-state index in [0.29, 0.717) is 16.5 Å². The molecule has 6 nitrogen and oxygen atoms in total. The maximum atomic E-state index is 12.2. The maximum Gasteiger partial charge on any atom is 0.262 e. The second-order valence-electron chi connectivity index (χ2n) is 7.82. The average Bonchev–Trinajstić information content (AvgIpc) is 2.80. The first kappa shape index (κ1) is 21.1. The van der Waals surface area contributed by atoms with Crippen molar-refractivity contribution in [1.29, 1.82) is 0 Å². The topological polar surface area (TPSA) is 67.4 Å². The van der Waals surface area contributed by atoms with Crippen LogP contribution in [0.5, 0.6) is 5.75 Å². The lowest BCUT2D eigenvalue weighted by molar-refractivity contribution is -0.118. The molecule has 0 atom stereocenters. The van der Waals surface area contributed by atoms with Crippen LogP contribution in [0.15, 0.2) is 60.7 Å². The molecule has 160 valence electrons. The highest BCUT2D eigenvalue weighted by Gasteiger charge is 2.17. The van der Waals surface area contributed by atoms with Gasteiger partial charge in [0.1, 0.15) is 5.75 Å². The van der Waals surface area contributed by atoms with E-state index in [1.807, 2.05) is 36.4 Å². The van der Waals surface area contributed by atoms with E-state index in [1.54, 1.807) is 24.3 Å². The molecule has 1 saturated heterocycles. The molecule has 2 aromatic carbocycles. The first-order chi connectivity index (χ1) is 15.1. The third-order valence-electron chi connectivity index (χ3n) is 5.38. The lowest BCUT2D eigenvalue weighted by atomic mass is 9.99. The van der Waals surface area contributed by atoms with E-state index >= 15 is 0 Å². The number of carbonyl (C=O) groups is 1. The van der Waals surface area contributed by atoms with Crippen LogP contribution in [0.4, 0.5) is 11.5 Å². The number of anilines is 2. The van der Waals surface area contributed by atoms with Crippen molar-refractivity contribution >= 4 is 29.0 Å². The zero-order valence-corrected chi connectivity index (χ0v) is 18.2. The Morgan fingerprint density at radius 1 is 1.10 bits per heavy atom. The van der Waals surface area contributed by atoms with Gasteiger partial charge in [-0.25, -0.2) is 0 Å². The smallest absolute Gasteiger partial charge is 0.262 e. The SMILES string of the molecule is CC1CCN(c2ccc(-c3cccc(NC(=O)COc4ccc(Cl)cc4)c3)nn2)CC1. The van der Waals surface area contributed by atoms with Crippen molar-refractivity contribution in [2.45, 2.75) is 19.8 Å². The Bertz CT molecular complexity index is 1020. The van der Waals surface area contributed by atoms with E-state index in [-0.39, 0.29) is 12.5 Å². The summed E-state index contributed by atoms with van der Waals surface area (Å²) in [5.41, 5.74) is 2.34. The van der Waals surface area contributed by atoms with Crippen LogP contribution in [-0.2, 0) is 4.79 Å². The van der Waals surface area contributed by atoms with Crippen molar-refractivity contribution < 1.29 is 9.53 Å². The molecule has 0 bridgehead atoms. The minimum atomic E-state index is -0.243. The summed E-state index contributed by atoms with van der Waals surface area (Å²) < 4.78 is 5.49. The van der Waals surface area contributed by atoms with Crippen LogP contribution in [-0.4, -0.2) is 35.8 Å². The van der Waals surface area contributed by atoms with Crippen LogP contribution in [0.1, 0.15) is 19.8 Å². The number of halogens is 1. The lowest BCUT2D eigenvalue weighted by Gasteiger charge is -2.30. The summed E-state index contributed by atoms with van der Waals surface area (Å²) in [4.78, 5) is 14.5. The Morgan fingerprint density at radius 3 is 2.58 bits per heavy atom. The minimum absolute atomic E-state index is 0.0885. The fourth-order valence-corrected chi connectivity index (χ4v) is 3.64. The summed E-state index contributed by atoms with van der Waals surface area (Å²) in [6.07, 6.45) is 2.37. The quantitative estimate of drug-likeness (QED) is 0.585. The molecule has 0 unspecified atom stereocenters. The van der Waals surface area contributed by atoms with E-state index in [9.17, 15) is 4.79 Å². The van der Waals surface area contributed by atoms with E-state index in [4.69, 9.17) is 16.3 Å². The number of benzene rings is 2. The van der Waals surface area contributed by atoms with Crippen LogP contribution in [0.3, 0.4) is 0 Å². The number of ether oxygens (including phenoxy) is 1. The number of aromatic nitrogens is 2. The molecule has 1 fully saturated rings. The molecule has 1 N–H and O–H groups in total. The standard InChI is InChI=1S/C24H25ClN4O2/c1-17-11-13-29(14-12-17)23-10-9-22(27-28-23)18-3-2-4-20(15-18)26-24(30)16-31-21-7-5-19(25)6-8-21/h2-10,15,17H,11-14,16H2,1H3,(H,26,30). The molecule has 0 saturated carbocycles. The first-order valence-electron chi connectivity index (χ1n) is 10.4. The van der Waals surface area contributed by atoms with Crippen LogP contribution in [0, 0.1) is 5.92 Å². The van der Waals surface area contributed by atoms with E-state index in [0.717, 1.165) is 36.1 Å². The van der Waals surface area contributed by atoms with Gasteiger partial charge in [0.15, 0.2) is 12.4 Å². The van der Waals surface area contributed by atoms with Crippen molar-refractivity contribution in [2.75, 3.05) is 29.9 Å². The number of nitrogens with one attached hydrogen (secondary N) is 1. The summed E-state index contributed by atoms with van der Waals surface area (Å²) in [6, 6.07) is 18.4. The Balaban J connectivity index is 1.36. The van der Waals surface area contributed by atoms with Crippen LogP contribution in [0.2, 0.25) is 5.02 Å². The predicted molar refractivity (Wildman–Crippen MR) is 124 cm³/mol. The van der Waals surface area contributed by atoms with Crippen LogP contribution in [0.25, 0.3) is 11.3 Å². The second kappa shape index (κ2) is 9.79. The summed E-state index contributed by atoms with van der Waals surface area (Å²) >= 11 is 5.85. The minimum Gasteiger partial charge on any atom is -0.484 e. The molecule has 4 rings (SSSR count). The van der Waals surface area contributed by atoms with Gasteiger partial charge in [0.2, 0.25) is 0 Å². The molecule has 3 aromatic rings. The van der Waals surface area contributed by atoms with Gasteiger partial charge >= 0.3 is 0 Å². The number of amides is 1. The zero-order chi connectivity index (χ0) is 21.6. The number of rotatable bonds is 6. The number of hydrogen-bond donors (Lipinski definition) is 1. The predicted octanol–water partition coefficient (Wildman–Crippen LogP) is 5.05. The fraction of sp³-hybridized carbons (Fsp3) is 0.292. The molecule has 0 radical (unpaired) electrons. The number of hydrogen-bond acceptors (Lipinski definition) is 5. The van der Waals surface area contributed by atoms with Gasteiger partial charge in [-0.3, -0.25) is 4.79 Å². The molecule has 1 aliphatic rings. The maximum absolute atomic E-state index is 12.2. The molecule has 2 heterocycles. The first-order valence-corrected chi connectivity index (χ1v) is 10.8. The van der Waals surface area contributed by atoms with Gasteiger partial charge in [0.25, 0.3) is 5.91 Å². The Kier molecular flexibility index (Phi) is 6.67. The monoisotopic (exact) mass is 436 g/mol. The summed E-state index contributed by atoms with van der Waals surface area (Å²) in [6.45, 7) is 4.25. The largest absolute Gasteiger partial charge is 0.484 e. The molecule has 31 heavy (non-hydrogen) atoms. The molecule has 1 aliphatic heterocycles. The van der Waals surface area contributed by atoms with Gasteiger partial charge in [0.05, 0.1) is 5.69 Å². The molecular weight excluding hydrogens is 412 g/mol. The second-order valence-corrected chi connectivity index (χ2v) is 8.25. The molecule has 0 spiro atoms. The summed E-state index contributed by atoms with van der Waals surface area (Å²) in [7, 11) is 0. The van der Waals surface area contributed by atoms with Gasteiger partial charge < -0.3 is 15.0 Å². The van der Waals surface area contributed by atoms with Gasteiger partial charge in [-0.1, -0.05) is 30.7 Å². The molecule has 1 aromatic heterocycles. The lowest BCUT2D eigenvalue weighted by Crippen LogP contribution is -2.33. The van der Waals surface area contributed by atoms with Gasteiger partial charge in [-0.2, -0.15) is 0 Å². The summed E-state index contributed by atoms with van der Waals surface area (Å²) in [5, 5.41) is 12.3. The van der Waals surface area contributed by atoms with Crippen molar-refractivity contribution in [3.63, 3.8) is 0 Å².